The van der Waals surface area contributed by atoms with Gasteiger partial charge in [-0.05, 0) is 23.4 Å². The Morgan fingerprint density at radius 3 is 2.40 bits per heavy atom. The van der Waals surface area contributed by atoms with Crippen LogP contribution < -0.4 is 5.76 Å². The molecule has 0 saturated heterocycles. The Bertz CT molecular complexity index is 1110. The van der Waals surface area contributed by atoms with Gasteiger partial charge in [0.1, 0.15) is 5.69 Å². The van der Waals surface area contributed by atoms with Gasteiger partial charge in [-0.3, -0.25) is 9.51 Å². The predicted octanol–water partition coefficient (Wildman–Crippen LogP) is 3.39. The molecule has 0 aliphatic rings. The second-order valence-electron chi connectivity index (χ2n) is 5.27. The Balaban J connectivity index is 1.89. The third-order valence-corrected chi connectivity index (χ3v) is 3.70. The summed E-state index contributed by atoms with van der Waals surface area (Å²) in [6, 6.07) is 11.8. The lowest BCUT2D eigenvalue weighted by Gasteiger charge is -2.06. The minimum atomic E-state index is -4.40. The first-order valence-electron chi connectivity index (χ1n) is 7.15. The molecule has 9 heteroatoms. The average molecular weight is 346 g/mol. The SMILES string of the molecule is O=c1[nH]c(-n2nc(-c3ccc(C(F)(F)F)cc3)c3ccccc32)no1. The number of rotatable bonds is 2. The molecule has 0 aliphatic heterocycles. The molecule has 0 fully saturated rings. The summed E-state index contributed by atoms with van der Waals surface area (Å²) in [5.41, 5.74) is 0.865. The molecule has 4 rings (SSSR count). The minimum Gasteiger partial charge on any atom is -0.294 e. The second kappa shape index (κ2) is 5.33. The highest BCUT2D eigenvalue weighted by Crippen LogP contribution is 2.33. The fraction of sp³-hybridized carbons (Fsp3) is 0.0625. The topological polar surface area (TPSA) is 76.7 Å². The Labute approximate surface area is 137 Å². The number of fused-ring (bicyclic) bond motifs is 1. The van der Waals surface area contributed by atoms with E-state index >= 15 is 0 Å². The van der Waals surface area contributed by atoms with Crippen molar-refractivity contribution >= 4 is 10.9 Å². The van der Waals surface area contributed by atoms with Crippen LogP contribution in [-0.4, -0.2) is 19.9 Å². The molecule has 1 N–H and O–H groups in total. The standard InChI is InChI=1S/C16H9F3N4O2/c17-16(18,19)10-7-5-9(6-8-10)13-11-3-1-2-4-12(11)23(21-13)14-20-15(24)25-22-14/h1-8H,(H,20,22,24). The minimum absolute atomic E-state index is 0.0827. The Kier molecular flexibility index (Phi) is 3.24. The first kappa shape index (κ1) is 15.2. The maximum absolute atomic E-state index is 12.7. The van der Waals surface area contributed by atoms with E-state index in [0.29, 0.717) is 22.2 Å². The molecule has 2 aromatic heterocycles. The summed E-state index contributed by atoms with van der Waals surface area (Å²) < 4.78 is 44.0. The first-order chi connectivity index (χ1) is 11.9. The van der Waals surface area contributed by atoms with Crippen LogP contribution in [0.4, 0.5) is 13.2 Å². The van der Waals surface area contributed by atoms with Crippen molar-refractivity contribution < 1.29 is 17.7 Å². The van der Waals surface area contributed by atoms with Crippen LogP contribution in [0.3, 0.4) is 0 Å². The molecule has 0 amide bonds. The lowest BCUT2D eigenvalue weighted by Crippen LogP contribution is -2.04. The molecule has 2 heterocycles. The van der Waals surface area contributed by atoms with E-state index < -0.39 is 17.5 Å². The van der Waals surface area contributed by atoms with Crippen LogP contribution in [0.5, 0.6) is 0 Å². The number of nitrogens with one attached hydrogen (secondary N) is 1. The van der Waals surface area contributed by atoms with E-state index in [4.69, 9.17) is 0 Å². The Morgan fingerprint density at radius 2 is 1.76 bits per heavy atom. The lowest BCUT2D eigenvalue weighted by atomic mass is 10.1. The molecule has 0 atom stereocenters. The zero-order chi connectivity index (χ0) is 17.6. The van der Waals surface area contributed by atoms with Gasteiger partial charge in [0.2, 0.25) is 0 Å². The summed E-state index contributed by atoms with van der Waals surface area (Å²) in [7, 11) is 0. The van der Waals surface area contributed by atoms with Gasteiger partial charge in [-0.1, -0.05) is 30.3 Å². The fourth-order valence-electron chi connectivity index (χ4n) is 2.57. The smallest absolute Gasteiger partial charge is 0.294 e. The van der Waals surface area contributed by atoms with E-state index in [1.165, 1.54) is 16.8 Å². The van der Waals surface area contributed by atoms with E-state index in [1.54, 1.807) is 24.3 Å². The van der Waals surface area contributed by atoms with E-state index in [0.717, 1.165) is 12.1 Å². The number of benzene rings is 2. The highest BCUT2D eigenvalue weighted by molar-refractivity contribution is 5.94. The summed E-state index contributed by atoms with van der Waals surface area (Å²) >= 11 is 0. The highest BCUT2D eigenvalue weighted by Gasteiger charge is 2.30. The van der Waals surface area contributed by atoms with Gasteiger partial charge in [-0.25, -0.2) is 4.79 Å². The van der Waals surface area contributed by atoms with Crippen LogP contribution in [0.25, 0.3) is 28.1 Å². The molecular weight excluding hydrogens is 337 g/mol. The quantitative estimate of drug-likeness (QED) is 0.604. The van der Waals surface area contributed by atoms with E-state index in [9.17, 15) is 18.0 Å². The summed E-state index contributed by atoms with van der Waals surface area (Å²) in [5, 5.41) is 8.68. The van der Waals surface area contributed by atoms with Gasteiger partial charge < -0.3 is 0 Å². The predicted molar refractivity (Wildman–Crippen MR) is 82.2 cm³/mol. The molecule has 0 aliphatic carbocycles. The van der Waals surface area contributed by atoms with Crippen LogP contribution in [0.1, 0.15) is 5.56 Å². The van der Waals surface area contributed by atoms with Crippen LogP contribution in [0, 0.1) is 0 Å². The molecule has 25 heavy (non-hydrogen) atoms. The number of hydrogen-bond donors (Lipinski definition) is 1. The number of halogens is 3. The molecule has 6 nitrogen and oxygen atoms in total. The van der Waals surface area contributed by atoms with Crippen molar-refractivity contribution in [2.45, 2.75) is 6.18 Å². The van der Waals surface area contributed by atoms with Gasteiger partial charge in [0, 0.05) is 10.9 Å². The molecule has 0 bridgehead atoms. The maximum Gasteiger partial charge on any atom is 0.440 e. The van der Waals surface area contributed by atoms with E-state index in [1.807, 2.05) is 0 Å². The number of aromatic nitrogens is 4. The molecule has 0 spiro atoms. The van der Waals surface area contributed by atoms with Crippen LogP contribution in [-0.2, 0) is 6.18 Å². The van der Waals surface area contributed by atoms with Crippen molar-refractivity contribution in [1.29, 1.82) is 0 Å². The van der Waals surface area contributed by atoms with Gasteiger partial charge in [0.15, 0.2) is 0 Å². The van der Waals surface area contributed by atoms with Crippen LogP contribution in [0.15, 0.2) is 57.8 Å². The molecule has 126 valence electrons. The summed E-state index contributed by atoms with van der Waals surface area (Å²) in [6.45, 7) is 0. The van der Waals surface area contributed by atoms with Crippen molar-refractivity contribution in [2.24, 2.45) is 0 Å². The van der Waals surface area contributed by atoms with E-state index in [2.05, 4.69) is 19.8 Å². The molecule has 0 unspecified atom stereocenters. The molecular formula is C16H9F3N4O2. The highest BCUT2D eigenvalue weighted by atomic mass is 19.4. The third-order valence-electron chi connectivity index (χ3n) is 3.70. The summed E-state index contributed by atoms with van der Waals surface area (Å²) in [5.74, 6) is -0.648. The molecule has 2 aromatic carbocycles. The van der Waals surface area contributed by atoms with Crippen molar-refractivity contribution in [3.8, 4) is 17.2 Å². The van der Waals surface area contributed by atoms with Crippen molar-refractivity contribution in [1.82, 2.24) is 19.9 Å². The maximum atomic E-state index is 12.7. The van der Waals surface area contributed by atoms with Gasteiger partial charge >= 0.3 is 11.9 Å². The van der Waals surface area contributed by atoms with Crippen LogP contribution >= 0.6 is 0 Å². The van der Waals surface area contributed by atoms with Crippen LogP contribution in [0.2, 0.25) is 0 Å². The monoisotopic (exact) mass is 346 g/mol. The number of H-pyrrole nitrogens is 1. The normalized spacial score (nSPS) is 12.0. The van der Waals surface area contributed by atoms with Crippen molar-refractivity contribution in [3.05, 3.63) is 64.6 Å². The van der Waals surface area contributed by atoms with E-state index in [-0.39, 0.29) is 5.95 Å². The Hall–Kier alpha value is -3.36. The van der Waals surface area contributed by atoms with Gasteiger partial charge in [0.05, 0.1) is 11.1 Å². The first-order valence-corrected chi connectivity index (χ1v) is 7.15. The second-order valence-corrected chi connectivity index (χ2v) is 5.27. The van der Waals surface area contributed by atoms with Gasteiger partial charge in [-0.2, -0.15) is 23.0 Å². The number of nitrogens with zero attached hydrogens (tertiary/aromatic N) is 3. The number of hydrogen-bond acceptors (Lipinski definition) is 4. The largest absolute Gasteiger partial charge is 0.440 e. The molecule has 4 aromatic rings. The Morgan fingerprint density at radius 1 is 1.04 bits per heavy atom. The fourth-order valence-corrected chi connectivity index (χ4v) is 2.57. The third kappa shape index (κ3) is 2.59. The number of aromatic amines is 1. The van der Waals surface area contributed by atoms with Gasteiger partial charge in [-0.15, -0.1) is 0 Å². The number of alkyl halides is 3. The summed E-state index contributed by atoms with van der Waals surface area (Å²) in [4.78, 5) is 13.6. The van der Waals surface area contributed by atoms with Crippen molar-refractivity contribution in [2.75, 3.05) is 0 Å². The zero-order valence-electron chi connectivity index (χ0n) is 12.4. The number of para-hydroxylation sites is 1. The zero-order valence-corrected chi connectivity index (χ0v) is 12.4. The lowest BCUT2D eigenvalue weighted by molar-refractivity contribution is -0.137. The summed E-state index contributed by atoms with van der Waals surface area (Å²) in [6.07, 6.45) is -4.40. The molecule has 0 saturated carbocycles. The molecule has 0 radical (unpaired) electrons. The van der Waals surface area contributed by atoms with Crippen molar-refractivity contribution in [3.63, 3.8) is 0 Å². The average Bonchev–Trinajstić information content (AvgIpc) is 3.18. The van der Waals surface area contributed by atoms with Gasteiger partial charge in [0.25, 0.3) is 5.95 Å².